The molecule has 5 nitrogen and oxygen atoms in total. The number of carbonyl (C=O) groups excluding carboxylic acids is 2. The van der Waals surface area contributed by atoms with Crippen LogP contribution >= 0.6 is 0 Å². The predicted octanol–water partition coefficient (Wildman–Crippen LogP) is 0.185. The van der Waals surface area contributed by atoms with Crippen molar-refractivity contribution in [2.24, 2.45) is 5.73 Å². The Balaban J connectivity index is 3.11. The van der Waals surface area contributed by atoms with E-state index in [-0.39, 0.29) is 18.4 Å². The second-order valence-corrected chi connectivity index (χ2v) is 3.26. The van der Waals surface area contributed by atoms with E-state index in [0.29, 0.717) is 13.0 Å². The molecule has 0 saturated heterocycles. The number of rotatable bonds is 9. The third kappa shape index (κ3) is 10.8. The molecule has 15 heavy (non-hydrogen) atoms. The minimum Gasteiger partial charge on any atom is -0.466 e. The van der Waals surface area contributed by atoms with Gasteiger partial charge in [0.25, 0.3) is 0 Å². The quantitative estimate of drug-likeness (QED) is 0.425. The van der Waals surface area contributed by atoms with Gasteiger partial charge in [-0.2, -0.15) is 0 Å². The van der Waals surface area contributed by atoms with Gasteiger partial charge in [-0.15, -0.1) is 0 Å². The van der Waals surface area contributed by atoms with E-state index in [4.69, 9.17) is 10.5 Å². The number of primary amides is 1. The molecule has 0 aliphatic carbocycles. The number of hydrogen-bond acceptors (Lipinski definition) is 4. The lowest BCUT2D eigenvalue weighted by Gasteiger charge is -2.02. The zero-order valence-corrected chi connectivity index (χ0v) is 9.25. The fourth-order valence-electron chi connectivity index (χ4n) is 1.14. The molecule has 0 spiro atoms. The third-order valence-corrected chi connectivity index (χ3v) is 1.84. The molecule has 0 fully saturated rings. The lowest BCUT2D eigenvalue weighted by atomic mass is 10.2. The molecule has 88 valence electrons. The molecule has 0 aliphatic rings. The normalized spacial score (nSPS) is 9.93. The summed E-state index contributed by atoms with van der Waals surface area (Å²) in [6.07, 6.45) is 3.19. The van der Waals surface area contributed by atoms with E-state index in [0.717, 1.165) is 25.8 Å². The Labute approximate surface area is 90.4 Å². The highest BCUT2D eigenvalue weighted by Gasteiger charge is 2.00. The number of carbonyl (C=O) groups is 2. The molecule has 0 aromatic heterocycles. The molecular formula is C10H20N2O3. The number of nitrogens with two attached hydrogens (primary N) is 1. The summed E-state index contributed by atoms with van der Waals surface area (Å²) in [6.45, 7) is 3.22. The van der Waals surface area contributed by atoms with Crippen LogP contribution in [-0.4, -0.2) is 31.6 Å². The lowest BCUT2D eigenvalue weighted by Crippen LogP contribution is -2.29. The van der Waals surface area contributed by atoms with Gasteiger partial charge in [-0.3, -0.25) is 9.59 Å². The molecule has 0 radical (unpaired) electrons. The summed E-state index contributed by atoms with van der Waals surface area (Å²) in [5.41, 5.74) is 4.94. The fraction of sp³-hybridized carbons (Fsp3) is 0.800. The van der Waals surface area contributed by atoms with Gasteiger partial charge in [0, 0.05) is 6.42 Å². The minimum atomic E-state index is -0.346. The zero-order valence-electron chi connectivity index (χ0n) is 9.25. The molecule has 0 aromatic rings. The smallest absolute Gasteiger partial charge is 0.305 e. The average Bonchev–Trinajstić information content (AvgIpc) is 2.16. The van der Waals surface area contributed by atoms with Crippen molar-refractivity contribution in [1.29, 1.82) is 0 Å². The van der Waals surface area contributed by atoms with E-state index in [1.165, 1.54) is 0 Å². The molecule has 0 heterocycles. The summed E-state index contributed by atoms with van der Waals surface area (Å²) in [7, 11) is 0. The van der Waals surface area contributed by atoms with E-state index in [1.807, 2.05) is 0 Å². The Bertz CT molecular complexity index is 195. The first-order valence-electron chi connectivity index (χ1n) is 5.31. The predicted molar refractivity (Wildman–Crippen MR) is 57.2 cm³/mol. The Morgan fingerprint density at radius 2 is 2.00 bits per heavy atom. The van der Waals surface area contributed by atoms with Gasteiger partial charge in [-0.25, -0.2) is 0 Å². The van der Waals surface area contributed by atoms with Gasteiger partial charge in [-0.05, 0) is 26.3 Å². The van der Waals surface area contributed by atoms with Crippen LogP contribution < -0.4 is 11.1 Å². The van der Waals surface area contributed by atoms with Gasteiger partial charge in [0.15, 0.2) is 0 Å². The molecule has 0 saturated carbocycles. The van der Waals surface area contributed by atoms with Gasteiger partial charge in [0.2, 0.25) is 5.91 Å². The van der Waals surface area contributed by atoms with Gasteiger partial charge >= 0.3 is 5.97 Å². The molecule has 0 bridgehead atoms. The van der Waals surface area contributed by atoms with Crippen molar-refractivity contribution in [3.63, 3.8) is 0 Å². The van der Waals surface area contributed by atoms with Gasteiger partial charge in [0.05, 0.1) is 13.2 Å². The average molecular weight is 216 g/mol. The Morgan fingerprint density at radius 1 is 1.27 bits per heavy atom. The van der Waals surface area contributed by atoms with Crippen molar-refractivity contribution in [3.05, 3.63) is 0 Å². The summed E-state index contributed by atoms with van der Waals surface area (Å²) >= 11 is 0. The summed E-state index contributed by atoms with van der Waals surface area (Å²) in [4.78, 5) is 21.3. The van der Waals surface area contributed by atoms with Crippen LogP contribution in [-0.2, 0) is 14.3 Å². The molecule has 0 aromatic carbocycles. The van der Waals surface area contributed by atoms with Crippen molar-refractivity contribution < 1.29 is 14.3 Å². The van der Waals surface area contributed by atoms with Crippen LogP contribution in [0.15, 0.2) is 0 Å². The topological polar surface area (TPSA) is 81.4 Å². The number of esters is 1. The summed E-state index contributed by atoms with van der Waals surface area (Å²) in [6, 6.07) is 0. The van der Waals surface area contributed by atoms with Crippen LogP contribution in [0.1, 0.15) is 32.6 Å². The van der Waals surface area contributed by atoms with E-state index in [9.17, 15) is 9.59 Å². The van der Waals surface area contributed by atoms with Crippen LogP contribution in [0.5, 0.6) is 0 Å². The van der Waals surface area contributed by atoms with Crippen LogP contribution in [0, 0.1) is 0 Å². The summed E-state index contributed by atoms with van der Waals surface area (Å²) < 4.78 is 4.79. The molecule has 0 atom stereocenters. The lowest BCUT2D eigenvalue weighted by molar-refractivity contribution is -0.143. The van der Waals surface area contributed by atoms with Crippen molar-refractivity contribution in [1.82, 2.24) is 5.32 Å². The largest absolute Gasteiger partial charge is 0.466 e. The number of hydrogen-bond donors (Lipinski definition) is 2. The Kier molecular flexibility index (Phi) is 8.76. The first kappa shape index (κ1) is 13.9. The molecule has 0 aliphatic heterocycles. The second-order valence-electron chi connectivity index (χ2n) is 3.26. The SMILES string of the molecule is CCOC(=O)CCCCCNCC(N)=O. The minimum absolute atomic E-state index is 0.136. The molecular weight excluding hydrogens is 196 g/mol. The Hall–Kier alpha value is -1.10. The molecule has 3 N–H and O–H groups in total. The van der Waals surface area contributed by atoms with E-state index in [1.54, 1.807) is 6.92 Å². The highest BCUT2D eigenvalue weighted by Crippen LogP contribution is 2.00. The van der Waals surface area contributed by atoms with Crippen molar-refractivity contribution in [2.45, 2.75) is 32.6 Å². The maximum atomic E-state index is 10.9. The standard InChI is InChI=1S/C10H20N2O3/c1-2-15-10(14)6-4-3-5-7-12-8-9(11)13/h12H,2-8H2,1H3,(H2,11,13). The van der Waals surface area contributed by atoms with E-state index >= 15 is 0 Å². The van der Waals surface area contributed by atoms with Gasteiger partial charge < -0.3 is 15.8 Å². The van der Waals surface area contributed by atoms with Gasteiger partial charge in [-0.1, -0.05) is 6.42 Å². The fourth-order valence-corrected chi connectivity index (χ4v) is 1.14. The van der Waals surface area contributed by atoms with Gasteiger partial charge in [0.1, 0.15) is 0 Å². The summed E-state index contributed by atoms with van der Waals surface area (Å²) in [5, 5.41) is 2.91. The number of unbranched alkanes of at least 4 members (excludes halogenated alkanes) is 2. The van der Waals surface area contributed by atoms with Crippen LogP contribution in [0.2, 0.25) is 0 Å². The van der Waals surface area contributed by atoms with Crippen molar-refractivity contribution in [3.8, 4) is 0 Å². The summed E-state index contributed by atoms with van der Waals surface area (Å²) in [5.74, 6) is -0.482. The second kappa shape index (κ2) is 9.45. The first-order chi connectivity index (χ1) is 7.16. The van der Waals surface area contributed by atoms with Crippen molar-refractivity contribution >= 4 is 11.9 Å². The maximum absolute atomic E-state index is 10.9. The third-order valence-electron chi connectivity index (χ3n) is 1.84. The molecule has 0 rings (SSSR count). The highest BCUT2D eigenvalue weighted by atomic mass is 16.5. The van der Waals surface area contributed by atoms with Crippen LogP contribution in [0.25, 0.3) is 0 Å². The monoisotopic (exact) mass is 216 g/mol. The molecule has 1 amide bonds. The zero-order chi connectivity index (χ0) is 11.5. The maximum Gasteiger partial charge on any atom is 0.305 e. The first-order valence-corrected chi connectivity index (χ1v) is 5.31. The number of amides is 1. The van der Waals surface area contributed by atoms with Crippen LogP contribution in [0.3, 0.4) is 0 Å². The number of nitrogens with one attached hydrogen (secondary N) is 1. The van der Waals surface area contributed by atoms with Crippen LogP contribution in [0.4, 0.5) is 0 Å². The number of ether oxygens (including phenoxy) is 1. The molecule has 0 unspecified atom stereocenters. The van der Waals surface area contributed by atoms with E-state index < -0.39 is 0 Å². The van der Waals surface area contributed by atoms with E-state index in [2.05, 4.69) is 5.32 Å². The molecule has 5 heteroatoms. The highest BCUT2D eigenvalue weighted by molar-refractivity contribution is 5.75. The van der Waals surface area contributed by atoms with Crippen molar-refractivity contribution in [2.75, 3.05) is 19.7 Å². The Morgan fingerprint density at radius 3 is 2.60 bits per heavy atom.